The van der Waals surface area contributed by atoms with Gasteiger partial charge in [0.25, 0.3) is 5.91 Å². The molecule has 0 saturated carbocycles. The van der Waals surface area contributed by atoms with E-state index in [-0.39, 0.29) is 5.91 Å². The number of ether oxygens (including phenoxy) is 1. The van der Waals surface area contributed by atoms with Crippen LogP contribution in [-0.4, -0.2) is 31.3 Å². The van der Waals surface area contributed by atoms with Crippen molar-refractivity contribution in [3.05, 3.63) is 40.6 Å². The molecule has 1 aromatic heterocycles. The average Bonchev–Trinajstić information content (AvgIpc) is 2.85. The van der Waals surface area contributed by atoms with Crippen LogP contribution in [0.25, 0.3) is 11.3 Å². The maximum atomic E-state index is 12.3. The quantitative estimate of drug-likeness (QED) is 0.833. The second kappa shape index (κ2) is 7.24. The van der Waals surface area contributed by atoms with Crippen LogP contribution in [-0.2, 0) is 4.74 Å². The molecule has 0 aliphatic heterocycles. The summed E-state index contributed by atoms with van der Waals surface area (Å²) < 4.78 is 10.1. The maximum Gasteiger partial charge on any atom is 0.257 e. The van der Waals surface area contributed by atoms with E-state index in [9.17, 15) is 4.79 Å². The van der Waals surface area contributed by atoms with Crippen LogP contribution < -0.4 is 5.32 Å². The van der Waals surface area contributed by atoms with Gasteiger partial charge in [0.05, 0.1) is 0 Å². The van der Waals surface area contributed by atoms with E-state index in [1.807, 2.05) is 12.1 Å². The molecule has 1 heterocycles. The molecule has 0 atom stereocenters. The second-order valence-corrected chi connectivity index (χ2v) is 5.01. The number of nitrogens with zero attached hydrogens (tertiary/aromatic N) is 1. The van der Waals surface area contributed by atoms with Gasteiger partial charge in [0.1, 0.15) is 17.0 Å². The Labute approximate surface area is 128 Å². The summed E-state index contributed by atoms with van der Waals surface area (Å²) in [6, 6.07) is 7.16. The minimum atomic E-state index is -0.208. The topological polar surface area (TPSA) is 64.4 Å². The SMILES string of the molecule is COCCCNC(=O)c1c(-c2cccc(Cl)c2)noc1C. The molecule has 1 N–H and O–H groups in total. The number of aryl methyl sites for hydroxylation is 1. The normalized spacial score (nSPS) is 10.6. The van der Waals surface area contributed by atoms with Crippen molar-refractivity contribution in [3.63, 3.8) is 0 Å². The fraction of sp³-hybridized carbons (Fsp3) is 0.333. The van der Waals surface area contributed by atoms with Crippen molar-refractivity contribution >= 4 is 17.5 Å². The highest BCUT2D eigenvalue weighted by Gasteiger charge is 2.21. The summed E-state index contributed by atoms with van der Waals surface area (Å²) in [5.74, 6) is 0.272. The van der Waals surface area contributed by atoms with Crippen LogP contribution in [0.15, 0.2) is 28.8 Å². The third kappa shape index (κ3) is 3.83. The van der Waals surface area contributed by atoms with Crippen molar-refractivity contribution in [2.75, 3.05) is 20.3 Å². The summed E-state index contributed by atoms with van der Waals surface area (Å²) in [5, 5.41) is 7.39. The van der Waals surface area contributed by atoms with Gasteiger partial charge in [-0.15, -0.1) is 0 Å². The van der Waals surface area contributed by atoms with Crippen molar-refractivity contribution < 1.29 is 14.1 Å². The van der Waals surface area contributed by atoms with E-state index in [1.54, 1.807) is 26.2 Å². The van der Waals surface area contributed by atoms with Crippen molar-refractivity contribution in [2.45, 2.75) is 13.3 Å². The molecule has 1 amide bonds. The minimum absolute atomic E-state index is 0.208. The third-order valence-electron chi connectivity index (χ3n) is 3.00. The first kappa shape index (κ1) is 15.5. The Morgan fingerprint density at radius 2 is 2.29 bits per heavy atom. The van der Waals surface area contributed by atoms with Gasteiger partial charge in [-0.05, 0) is 25.5 Å². The van der Waals surface area contributed by atoms with Crippen molar-refractivity contribution in [2.24, 2.45) is 0 Å². The van der Waals surface area contributed by atoms with Gasteiger partial charge in [0.2, 0.25) is 0 Å². The number of halogens is 1. The standard InChI is InChI=1S/C15H17ClN2O3/c1-10-13(15(19)17-7-4-8-20-2)14(18-21-10)11-5-3-6-12(16)9-11/h3,5-6,9H,4,7-8H2,1-2H3,(H,17,19). The number of aromatic nitrogens is 1. The molecule has 0 spiro atoms. The molecule has 0 aliphatic rings. The van der Waals surface area contributed by atoms with Gasteiger partial charge in [-0.25, -0.2) is 0 Å². The lowest BCUT2D eigenvalue weighted by Crippen LogP contribution is -2.26. The van der Waals surface area contributed by atoms with Crippen LogP contribution in [0.5, 0.6) is 0 Å². The monoisotopic (exact) mass is 308 g/mol. The number of rotatable bonds is 6. The molecule has 2 aromatic rings. The van der Waals surface area contributed by atoms with Crippen molar-refractivity contribution in [1.29, 1.82) is 0 Å². The predicted molar refractivity (Wildman–Crippen MR) is 80.5 cm³/mol. The lowest BCUT2D eigenvalue weighted by Gasteiger charge is -2.05. The predicted octanol–water partition coefficient (Wildman–Crippen LogP) is 3.07. The van der Waals surface area contributed by atoms with Gasteiger partial charge in [0, 0.05) is 30.8 Å². The zero-order valence-electron chi connectivity index (χ0n) is 12.0. The van der Waals surface area contributed by atoms with Gasteiger partial charge >= 0.3 is 0 Å². The zero-order valence-corrected chi connectivity index (χ0v) is 12.7. The highest BCUT2D eigenvalue weighted by Crippen LogP contribution is 2.27. The minimum Gasteiger partial charge on any atom is -0.385 e. The Morgan fingerprint density at radius 1 is 1.48 bits per heavy atom. The number of amides is 1. The van der Waals surface area contributed by atoms with Crippen molar-refractivity contribution in [1.82, 2.24) is 10.5 Å². The summed E-state index contributed by atoms with van der Waals surface area (Å²) in [4.78, 5) is 12.3. The molecule has 0 aliphatic carbocycles. The Hall–Kier alpha value is -1.85. The van der Waals surface area contributed by atoms with E-state index in [0.717, 1.165) is 12.0 Å². The summed E-state index contributed by atoms with van der Waals surface area (Å²) >= 11 is 5.98. The van der Waals surface area contributed by atoms with Crippen LogP contribution in [0.2, 0.25) is 5.02 Å². The van der Waals surface area contributed by atoms with E-state index in [0.29, 0.717) is 35.2 Å². The molecule has 0 radical (unpaired) electrons. The van der Waals surface area contributed by atoms with Gasteiger partial charge in [0.15, 0.2) is 0 Å². The van der Waals surface area contributed by atoms with Crippen molar-refractivity contribution in [3.8, 4) is 11.3 Å². The molecule has 6 heteroatoms. The molecule has 112 valence electrons. The summed E-state index contributed by atoms with van der Waals surface area (Å²) in [6.07, 6.45) is 0.749. The molecule has 0 bridgehead atoms. The Kier molecular flexibility index (Phi) is 5.36. The van der Waals surface area contributed by atoms with Crippen LogP contribution in [0.3, 0.4) is 0 Å². The average molecular weight is 309 g/mol. The van der Waals surface area contributed by atoms with Gasteiger partial charge < -0.3 is 14.6 Å². The first-order valence-corrected chi connectivity index (χ1v) is 7.00. The molecule has 0 unspecified atom stereocenters. The largest absolute Gasteiger partial charge is 0.385 e. The number of hydrogen-bond donors (Lipinski definition) is 1. The van der Waals surface area contributed by atoms with E-state index in [1.165, 1.54) is 0 Å². The van der Waals surface area contributed by atoms with Crippen LogP contribution >= 0.6 is 11.6 Å². The Bertz CT molecular complexity index is 625. The Balaban J connectivity index is 2.20. The molecule has 21 heavy (non-hydrogen) atoms. The smallest absolute Gasteiger partial charge is 0.257 e. The lowest BCUT2D eigenvalue weighted by atomic mass is 10.1. The number of carbonyl (C=O) groups excluding carboxylic acids is 1. The number of methoxy groups -OCH3 is 1. The lowest BCUT2D eigenvalue weighted by molar-refractivity contribution is 0.0947. The van der Waals surface area contributed by atoms with Crippen LogP contribution in [0, 0.1) is 6.92 Å². The van der Waals surface area contributed by atoms with E-state index >= 15 is 0 Å². The second-order valence-electron chi connectivity index (χ2n) is 4.57. The first-order chi connectivity index (χ1) is 10.1. The summed E-state index contributed by atoms with van der Waals surface area (Å²) in [6.45, 7) is 2.85. The fourth-order valence-corrected chi connectivity index (χ4v) is 2.17. The zero-order chi connectivity index (χ0) is 15.2. The third-order valence-corrected chi connectivity index (χ3v) is 3.23. The van der Waals surface area contributed by atoms with E-state index < -0.39 is 0 Å². The van der Waals surface area contributed by atoms with E-state index in [4.69, 9.17) is 20.9 Å². The molecule has 0 fully saturated rings. The number of benzene rings is 1. The molecular formula is C15H17ClN2O3. The molecule has 2 rings (SSSR count). The number of carbonyl (C=O) groups is 1. The van der Waals surface area contributed by atoms with Crippen LogP contribution in [0.1, 0.15) is 22.5 Å². The fourth-order valence-electron chi connectivity index (χ4n) is 1.98. The Morgan fingerprint density at radius 3 is 3.00 bits per heavy atom. The molecule has 0 saturated heterocycles. The number of nitrogens with one attached hydrogen (secondary N) is 1. The van der Waals surface area contributed by atoms with Gasteiger partial charge in [-0.3, -0.25) is 4.79 Å². The highest BCUT2D eigenvalue weighted by atomic mass is 35.5. The first-order valence-electron chi connectivity index (χ1n) is 6.63. The van der Waals surface area contributed by atoms with Gasteiger partial charge in [-0.1, -0.05) is 28.9 Å². The maximum absolute atomic E-state index is 12.3. The molecular weight excluding hydrogens is 292 g/mol. The molecule has 5 nitrogen and oxygen atoms in total. The van der Waals surface area contributed by atoms with E-state index in [2.05, 4.69) is 10.5 Å². The summed E-state index contributed by atoms with van der Waals surface area (Å²) in [7, 11) is 1.63. The summed E-state index contributed by atoms with van der Waals surface area (Å²) in [5.41, 5.74) is 1.69. The van der Waals surface area contributed by atoms with Gasteiger partial charge in [-0.2, -0.15) is 0 Å². The number of hydrogen-bond acceptors (Lipinski definition) is 4. The highest BCUT2D eigenvalue weighted by molar-refractivity contribution is 6.30. The molecule has 1 aromatic carbocycles. The van der Waals surface area contributed by atoms with Crippen LogP contribution in [0.4, 0.5) is 0 Å².